The number of ether oxygens (including phenoxy) is 2. The Kier molecular flexibility index (Phi) is 8.21. The highest BCUT2D eigenvalue weighted by Gasteiger charge is 2.33. The maximum Gasteiger partial charge on any atom is 0.416 e. The summed E-state index contributed by atoms with van der Waals surface area (Å²) in [5, 5.41) is 7.52. The van der Waals surface area contributed by atoms with Gasteiger partial charge >= 0.3 is 12.2 Å². The maximum absolute atomic E-state index is 14.8. The van der Waals surface area contributed by atoms with Crippen molar-refractivity contribution in [3.05, 3.63) is 66.1 Å². The number of pyridine rings is 1. The maximum atomic E-state index is 14.8. The lowest BCUT2D eigenvalue weighted by Gasteiger charge is -2.37. The van der Waals surface area contributed by atoms with E-state index in [9.17, 15) is 27.2 Å². The predicted molar refractivity (Wildman–Crippen MR) is 148 cm³/mol. The van der Waals surface area contributed by atoms with Gasteiger partial charge in [-0.25, -0.2) is 14.2 Å². The lowest BCUT2D eigenvalue weighted by molar-refractivity contribution is -0.137. The third kappa shape index (κ3) is 7.46. The van der Waals surface area contributed by atoms with E-state index in [1.165, 1.54) is 36.5 Å². The summed E-state index contributed by atoms with van der Waals surface area (Å²) >= 11 is 0. The molecule has 0 spiro atoms. The Balaban J connectivity index is 1.25. The number of rotatable bonds is 7. The molecule has 3 N–H and O–H groups in total. The number of nitrogens with zero attached hydrogens (tertiary/aromatic N) is 2. The molecule has 2 aliphatic rings. The van der Waals surface area contributed by atoms with Crippen molar-refractivity contribution in [2.24, 2.45) is 5.92 Å². The van der Waals surface area contributed by atoms with Crippen LogP contribution in [0.2, 0.25) is 0 Å². The van der Waals surface area contributed by atoms with Crippen molar-refractivity contribution in [1.29, 1.82) is 0 Å². The summed E-state index contributed by atoms with van der Waals surface area (Å²) in [6, 6.07) is 9.10. The Bertz CT molecular complexity index is 1470. The molecule has 2 fully saturated rings. The number of hydrogen-bond donors (Lipinski definition) is 3. The van der Waals surface area contributed by atoms with Gasteiger partial charge in [-0.3, -0.25) is 4.79 Å². The highest BCUT2D eigenvalue weighted by atomic mass is 19.4. The zero-order chi connectivity index (χ0) is 30.0. The first-order chi connectivity index (χ1) is 19.9. The van der Waals surface area contributed by atoms with Crippen LogP contribution >= 0.6 is 0 Å². The van der Waals surface area contributed by atoms with Gasteiger partial charge in [0.2, 0.25) is 5.91 Å². The number of benzene rings is 2. The summed E-state index contributed by atoms with van der Waals surface area (Å²) in [5.74, 6) is -0.591. The number of urea groups is 1. The zero-order valence-corrected chi connectivity index (χ0v) is 22.8. The van der Waals surface area contributed by atoms with Gasteiger partial charge < -0.3 is 30.3 Å². The van der Waals surface area contributed by atoms with Crippen molar-refractivity contribution >= 4 is 34.8 Å². The van der Waals surface area contributed by atoms with Crippen LogP contribution in [-0.2, 0) is 15.7 Å². The Hall–Kier alpha value is -4.39. The number of aromatic nitrogens is 1. The van der Waals surface area contributed by atoms with E-state index in [-0.39, 0.29) is 52.7 Å². The molecule has 5 rings (SSSR count). The minimum atomic E-state index is -4.64. The van der Waals surface area contributed by atoms with Crippen molar-refractivity contribution in [1.82, 2.24) is 4.98 Å². The van der Waals surface area contributed by atoms with Crippen molar-refractivity contribution in [3.8, 4) is 11.5 Å². The number of morpholine rings is 1. The second kappa shape index (κ2) is 11.8. The second-order valence-corrected chi connectivity index (χ2v) is 10.4. The van der Waals surface area contributed by atoms with Gasteiger partial charge in [0.05, 0.1) is 17.8 Å². The topological polar surface area (TPSA) is 105 Å². The molecule has 1 aliphatic heterocycles. The molecular weight excluding hydrogens is 558 g/mol. The van der Waals surface area contributed by atoms with Crippen LogP contribution in [0.4, 0.5) is 45.2 Å². The van der Waals surface area contributed by atoms with Gasteiger partial charge in [-0.05, 0) is 63.1 Å². The fourth-order valence-corrected chi connectivity index (χ4v) is 4.62. The fourth-order valence-electron chi connectivity index (χ4n) is 4.62. The van der Waals surface area contributed by atoms with Gasteiger partial charge in [-0.2, -0.15) is 13.2 Å². The van der Waals surface area contributed by atoms with Gasteiger partial charge in [0.1, 0.15) is 11.6 Å². The number of nitrogens with one attached hydrogen (secondary N) is 3. The Labute approximate surface area is 239 Å². The summed E-state index contributed by atoms with van der Waals surface area (Å²) < 4.78 is 67.0. The second-order valence-electron chi connectivity index (χ2n) is 10.4. The largest absolute Gasteiger partial charge is 0.454 e. The van der Waals surface area contributed by atoms with Crippen molar-refractivity contribution in [3.63, 3.8) is 0 Å². The Morgan fingerprint density at radius 2 is 1.67 bits per heavy atom. The average Bonchev–Trinajstić information content (AvgIpc) is 3.75. The summed E-state index contributed by atoms with van der Waals surface area (Å²) in [6.07, 6.45) is -1.92. The summed E-state index contributed by atoms with van der Waals surface area (Å²) in [6.45, 7) is 4.45. The molecule has 1 saturated carbocycles. The Morgan fingerprint density at radius 3 is 2.33 bits per heavy atom. The highest BCUT2D eigenvalue weighted by molar-refractivity contribution is 6.00. The van der Waals surface area contributed by atoms with Crippen molar-refractivity contribution in [2.45, 2.75) is 45.1 Å². The summed E-state index contributed by atoms with van der Waals surface area (Å²) in [7, 11) is 0. The summed E-state index contributed by atoms with van der Waals surface area (Å²) in [5.41, 5.74) is -0.652. The normalized spacial score (nSPS) is 18.8. The molecule has 0 bridgehead atoms. The average molecular weight is 588 g/mol. The Morgan fingerprint density at radius 1 is 0.952 bits per heavy atom. The highest BCUT2D eigenvalue weighted by Crippen LogP contribution is 2.36. The van der Waals surface area contributed by atoms with E-state index in [0.29, 0.717) is 18.8 Å². The van der Waals surface area contributed by atoms with E-state index in [4.69, 9.17) is 9.47 Å². The molecule has 42 heavy (non-hydrogen) atoms. The van der Waals surface area contributed by atoms with E-state index in [1.54, 1.807) is 4.90 Å². The number of anilines is 4. The van der Waals surface area contributed by atoms with Crippen LogP contribution in [-0.4, -0.2) is 42.2 Å². The lowest BCUT2D eigenvalue weighted by Crippen LogP contribution is -2.45. The minimum absolute atomic E-state index is 0.0147. The molecule has 222 valence electrons. The van der Waals surface area contributed by atoms with Crippen molar-refractivity contribution < 1.29 is 36.6 Å². The third-order valence-electron chi connectivity index (χ3n) is 6.64. The van der Waals surface area contributed by atoms with Gasteiger partial charge in [-0.15, -0.1) is 0 Å². The third-order valence-corrected chi connectivity index (χ3v) is 6.64. The molecule has 13 heteroatoms. The number of carbonyl (C=O) groups excluding carboxylic acids is 2. The lowest BCUT2D eigenvalue weighted by atomic mass is 10.1. The summed E-state index contributed by atoms with van der Waals surface area (Å²) in [4.78, 5) is 30.5. The van der Waals surface area contributed by atoms with Crippen LogP contribution in [0.1, 0.15) is 32.3 Å². The van der Waals surface area contributed by atoms with Crippen LogP contribution in [0, 0.1) is 11.7 Å². The van der Waals surface area contributed by atoms with Gasteiger partial charge in [0.15, 0.2) is 11.6 Å². The van der Waals surface area contributed by atoms with E-state index < -0.39 is 23.6 Å². The molecule has 2 atom stereocenters. The van der Waals surface area contributed by atoms with E-state index >= 15 is 0 Å². The standard InChI is InChI=1S/C29H29F4N5O4/c1-16-14-38(15-17(2)41-16)22-10-19(29(31,32)33)9-21(11-22)36-28(40)35-20-5-6-25(24(30)12-20)42-23-7-8-34-26(13-23)37-27(39)18-3-4-18/h5-13,16-18H,3-4,14-15H2,1-2H3,(H,34,37,39)(H2,35,36,40). The molecule has 1 saturated heterocycles. The molecule has 9 nitrogen and oxygen atoms in total. The van der Waals surface area contributed by atoms with Crippen LogP contribution in [0.15, 0.2) is 54.7 Å². The van der Waals surface area contributed by atoms with Crippen molar-refractivity contribution in [2.75, 3.05) is 33.9 Å². The zero-order valence-electron chi connectivity index (χ0n) is 22.8. The van der Waals surface area contributed by atoms with Gasteiger partial charge in [0.25, 0.3) is 0 Å². The minimum Gasteiger partial charge on any atom is -0.454 e. The molecule has 3 aromatic rings. The van der Waals surface area contributed by atoms with Gasteiger partial charge in [-0.1, -0.05) is 0 Å². The molecular formula is C29H29F4N5O4. The molecule has 1 aromatic heterocycles. The van der Waals surface area contributed by atoms with E-state index in [1.807, 2.05) is 13.8 Å². The van der Waals surface area contributed by atoms with Crippen LogP contribution in [0.5, 0.6) is 11.5 Å². The monoisotopic (exact) mass is 587 g/mol. The molecule has 2 unspecified atom stereocenters. The fraction of sp³-hybridized carbons (Fsp3) is 0.345. The first-order valence-corrected chi connectivity index (χ1v) is 13.4. The van der Waals surface area contributed by atoms with Crippen LogP contribution in [0.25, 0.3) is 0 Å². The SMILES string of the molecule is CC1CN(c2cc(NC(=O)Nc3ccc(Oc4ccnc(NC(=O)C5CC5)c4)c(F)c3)cc(C(F)(F)F)c2)CC(C)O1. The van der Waals surface area contributed by atoms with E-state index in [2.05, 4.69) is 20.9 Å². The number of hydrogen-bond acceptors (Lipinski definition) is 6. The number of alkyl halides is 3. The number of halogens is 4. The quantitative estimate of drug-likeness (QED) is 0.268. The first kappa shape index (κ1) is 29.1. The van der Waals surface area contributed by atoms with Crippen LogP contribution in [0.3, 0.4) is 0 Å². The smallest absolute Gasteiger partial charge is 0.416 e. The van der Waals surface area contributed by atoms with Gasteiger partial charge in [0, 0.05) is 54.4 Å². The number of amides is 3. The predicted octanol–water partition coefficient (Wildman–Crippen LogP) is 6.64. The van der Waals surface area contributed by atoms with Crippen LogP contribution < -0.4 is 25.6 Å². The van der Waals surface area contributed by atoms with E-state index in [0.717, 1.165) is 31.0 Å². The first-order valence-electron chi connectivity index (χ1n) is 13.4. The molecule has 2 heterocycles. The molecule has 0 radical (unpaired) electrons. The number of carbonyl (C=O) groups is 2. The molecule has 1 aliphatic carbocycles. The molecule has 2 aromatic carbocycles. The molecule has 3 amide bonds.